The van der Waals surface area contributed by atoms with Gasteiger partial charge in [-0.05, 0) is 61.8 Å². The molecule has 0 unspecified atom stereocenters. The molecule has 0 bridgehead atoms. The number of allylic oxidation sites excluding steroid dienone is 2. The standard InChI is InChI=1S/C33H38ClF3N4O4/c34-26-10-9-24(19-25(26)33(35,36)37)38-29(42)21-41-15-11-27-23(20-41)8-4-5-12-32(13-16-45-17-14-32)31(44)40-28(30(43)39-27)18-22-6-2-1-3-7-22/h1-7,9-10,19,23,27-28H,8,11-18,20-21H2,(H,38,42)(H,39,43)(H,40,44)/b5-4+/t23-,27-,28-/m0/s1. The molecule has 3 aliphatic heterocycles. The van der Waals surface area contributed by atoms with Crippen LogP contribution in [0.15, 0.2) is 60.7 Å². The Hall–Kier alpha value is -3.41. The van der Waals surface area contributed by atoms with Crippen LogP contribution in [0.4, 0.5) is 18.9 Å². The molecule has 12 heteroatoms. The molecule has 3 heterocycles. The van der Waals surface area contributed by atoms with Gasteiger partial charge in [-0.15, -0.1) is 0 Å². The van der Waals surface area contributed by atoms with Gasteiger partial charge >= 0.3 is 6.18 Å². The normalized spacial score (nSPS) is 25.2. The van der Waals surface area contributed by atoms with Crippen LogP contribution >= 0.6 is 11.6 Å². The highest BCUT2D eigenvalue weighted by Gasteiger charge is 2.41. The third kappa shape index (κ3) is 8.45. The molecule has 2 fully saturated rings. The van der Waals surface area contributed by atoms with Crippen LogP contribution in [0.3, 0.4) is 0 Å². The first-order chi connectivity index (χ1) is 21.5. The summed E-state index contributed by atoms with van der Waals surface area (Å²) in [7, 11) is 0. The zero-order valence-corrected chi connectivity index (χ0v) is 25.6. The van der Waals surface area contributed by atoms with E-state index in [1.54, 1.807) is 0 Å². The number of carbonyl (C=O) groups is 3. The lowest BCUT2D eigenvalue weighted by molar-refractivity contribution is -0.140. The molecule has 3 aliphatic rings. The van der Waals surface area contributed by atoms with E-state index in [2.05, 4.69) is 16.0 Å². The van der Waals surface area contributed by atoms with E-state index >= 15 is 0 Å². The Kier molecular flexibility index (Phi) is 10.5. The fraction of sp³-hybridized carbons (Fsp3) is 0.485. The van der Waals surface area contributed by atoms with Crippen molar-refractivity contribution in [2.75, 3.05) is 38.2 Å². The number of ether oxygens (including phenoxy) is 1. The highest BCUT2D eigenvalue weighted by Crippen LogP contribution is 2.37. The maximum absolute atomic E-state index is 13.8. The monoisotopic (exact) mass is 646 g/mol. The van der Waals surface area contributed by atoms with Gasteiger partial charge in [0, 0.05) is 44.5 Å². The first-order valence-electron chi connectivity index (χ1n) is 15.3. The molecule has 45 heavy (non-hydrogen) atoms. The third-order valence-corrected chi connectivity index (χ3v) is 9.35. The van der Waals surface area contributed by atoms with Gasteiger partial charge in [-0.1, -0.05) is 54.1 Å². The molecule has 0 aliphatic carbocycles. The predicted molar refractivity (Wildman–Crippen MR) is 164 cm³/mol. The van der Waals surface area contributed by atoms with E-state index in [4.69, 9.17) is 16.3 Å². The van der Waals surface area contributed by atoms with Crippen LogP contribution in [-0.4, -0.2) is 67.6 Å². The number of halogens is 4. The molecule has 2 aromatic carbocycles. The van der Waals surface area contributed by atoms with E-state index in [0.717, 1.165) is 17.7 Å². The summed E-state index contributed by atoms with van der Waals surface area (Å²) in [6.07, 6.45) is 2.67. The summed E-state index contributed by atoms with van der Waals surface area (Å²) in [4.78, 5) is 42.3. The van der Waals surface area contributed by atoms with Gasteiger partial charge < -0.3 is 20.7 Å². The van der Waals surface area contributed by atoms with Crippen molar-refractivity contribution < 1.29 is 32.3 Å². The van der Waals surface area contributed by atoms with Crippen LogP contribution < -0.4 is 16.0 Å². The number of rotatable bonds is 5. The fourth-order valence-electron chi connectivity index (χ4n) is 6.42. The number of hydrogen-bond acceptors (Lipinski definition) is 5. The van der Waals surface area contributed by atoms with Crippen LogP contribution in [-0.2, 0) is 31.7 Å². The first-order valence-corrected chi connectivity index (χ1v) is 15.7. The summed E-state index contributed by atoms with van der Waals surface area (Å²) in [6.45, 7) is 1.95. The number of carbonyl (C=O) groups excluding carboxylic acids is 3. The van der Waals surface area contributed by atoms with Crippen molar-refractivity contribution in [1.29, 1.82) is 0 Å². The summed E-state index contributed by atoms with van der Waals surface area (Å²) in [5.41, 5.74) is -0.719. The van der Waals surface area contributed by atoms with Gasteiger partial charge in [0.15, 0.2) is 0 Å². The number of benzene rings is 2. The quantitative estimate of drug-likeness (QED) is 0.398. The Morgan fingerprint density at radius 3 is 2.56 bits per heavy atom. The second-order valence-electron chi connectivity index (χ2n) is 12.2. The van der Waals surface area contributed by atoms with E-state index in [0.29, 0.717) is 64.8 Å². The van der Waals surface area contributed by atoms with Crippen LogP contribution in [0.1, 0.15) is 43.2 Å². The molecule has 0 saturated carbocycles. The maximum Gasteiger partial charge on any atom is 0.417 e. The summed E-state index contributed by atoms with van der Waals surface area (Å²) in [5.74, 6) is -0.836. The largest absolute Gasteiger partial charge is 0.417 e. The average Bonchev–Trinajstić information content (AvgIpc) is 3.01. The molecule has 3 N–H and O–H groups in total. The van der Waals surface area contributed by atoms with Gasteiger partial charge in [-0.25, -0.2) is 0 Å². The molecule has 5 rings (SSSR count). The predicted octanol–water partition coefficient (Wildman–Crippen LogP) is 4.98. The zero-order valence-electron chi connectivity index (χ0n) is 24.9. The molecular formula is C33H38ClF3N4O4. The van der Waals surface area contributed by atoms with Gasteiger partial charge in [-0.3, -0.25) is 19.3 Å². The lowest BCUT2D eigenvalue weighted by Crippen LogP contribution is -2.58. The summed E-state index contributed by atoms with van der Waals surface area (Å²) in [6, 6.07) is 11.9. The Bertz CT molecular complexity index is 1400. The molecule has 3 amide bonds. The second kappa shape index (κ2) is 14.3. The minimum Gasteiger partial charge on any atom is -0.381 e. The van der Waals surface area contributed by atoms with Crippen LogP contribution in [0.2, 0.25) is 5.02 Å². The number of fused-ring (bicyclic) bond motifs is 1. The van der Waals surface area contributed by atoms with E-state index in [-0.39, 0.29) is 36.0 Å². The number of alkyl halides is 3. The molecule has 2 aromatic rings. The molecule has 0 aromatic heterocycles. The van der Waals surface area contributed by atoms with Gasteiger partial charge in [0.05, 0.1) is 22.5 Å². The minimum atomic E-state index is -4.64. The highest BCUT2D eigenvalue weighted by atomic mass is 35.5. The third-order valence-electron chi connectivity index (χ3n) is 9.02. The van der Waals surface area contributed by atoms with Crippen LogP contribution in [0, 0.1) is 11.3 Å². The molecule has 242 valence electrons. The Morgan fingerprint density at radius 2 is 1.82 bits per heavy atom. The first kappa shape index (κ1) is 33.0. The smallest absolute Gasteiger partial charge is 0.381 e. The van der Waals surface area contributed by atoms with Gasteiger partial charge in [0.1, 0.15) is 6.04 Å². The molecule has 3 atom stereocenters. The summed E-state index contributed by atoms with van der Waals surface area (Å²) in [5, 5.41) is 8.40. The van der Waals surface area contributed by atoms with E-state index in [9.17, 15) is 27.6 Å². The number of amides is 3. The van der Waals surface area contributed by atoms with Crippen molar-refractivity contribution >= 4 is 35.0 Å². The Balaban J connectivity index is 1.30. The zero-order chi connectivity index (χ0) is 32.0. The van der Waals surface area contributed by atoms with Gasteiger partial charge in [-0.2, -0.15) is 13.2 Å². The number of hydrogen-bond donors (Lipinski definition) is 3. The van der Waals surface area contributed by atoms with Crippen molar-refractivity contribution in [1.82, 2.24) is 15.5 Å². The van der Waals surface area contributed by atoms with E-state index in [1.807, 2.05) is 47.4 Å². The lowest BCUT2D eigenvalue weighted by Gasteiger charge is -2.40. The molecule has 1 spiro atoms. The van der Waals surface area contributed by atoms with Crippen molar-refractivity contribution in [2.24, 2.45) is 11.3 Å². The van der Waals surface area contributed by atoms with Gasteiger partial charge in [0.25, 0.3) is 0 Å². The van der Waals surface area contributed by atoms with Gasteiger partial charge in [0.2, 0.25) is 17.7 Å². The number of piperidine rings is 1. The van der Waals surface area contributed by atoms with E-state index < -0.39 is 34.1 Å². The minimum absolute atomic E-state index is 0.0132. The average molecular weight is 647 g/mol. The Labute approximate surface area is 265 Å². The molecular weight excluding hydrogens is 609 g/mol. The number of likely N-dealkylation sites (tertiary alicyclic amines) is 1. The van der Waals surface area contributed by atoms with Crippen molar-refractivity contribution in [3.05, 3.63) is 76.8 Å². The maximum atomic E-state index is 13.8. The number of nitrogens with zero attached hydrogens (tertiary/aromatic N) is 1. The topological polar surface area (TPSA) is 99.8 Å². The number of nitrogens with one attached hydrogen (secondary N) is 3. The Morgan fingerprint density at radius 1 is 1.07 bits per heavy atom. The highest BCUT2D eigenvalue weighted by molar-refractivity contribution is 6.31. The van der Waals surface area contributed by atoms with E-state index in [1.165, 1.54) is 6.07 Å². The van der Waals surface area contributed by atoms with Crippen LogP contribution in [0.5, 0.6) is 0 Å². The number of anilines is 1. The van der Waals surface area contributed by atoms with Crippen molar-refractivity contribution in [2.45, 2.75) is 56.8 Å². The van der Waals surface area contributed by atoms with Crippen molar-refractivity contribution in [3.8, 4) is 0 Å². The summed E-state index contributed by atoms with van der Waals surface area (Å²) < 4.78 is 45.4. The summed E-state index contributed by atoms with van der Waals surface area (Å²) >= 11 is 5.71. The SMILES string of the molecule is O=C(CN1CC[C@@H]2NC(=O)[C@H](Cc3ccccc3)NC(=O)C3(C/C=C/C[C@H]2C1)CCOCC3)Nc1ccc(Cl)c(C(F)(F)F)c1. The fourth-order valence-corrected chi connectivity index (χ4v) is 6.65. The molecule has 2 saturated heterocycles. The van der Waals surface area contributed by atoms with Crippen LogP contribution in [0.25, 0.3) is 0 Å². The lowest BCUT2D eigenvalue weighted by atomic mass is 9.75. The van der Waals surface area contributed by atoms with Crippen molar-refractivity contribution in [3.63, 3.8) is 0 Å². The second-order valence-corrected chi connectivity index (χ2v) is 12.6. The molecule has 0 radical (unpaired) electrons. The molecule has 8 nitrogen and oxygen atoms in total.